The van der Waals surface area contributed by atoms with Crippen molar-refractivity contribution in [2.24, 2.45) is 0 Å². The van der Waals surface area contributed by atoms with Crippen molar-refractivity contribution in [2.45, 2.75) is 10.0 Å². The number of hydrogen-bond acceptors (Lipinski definition) is 3. The summed E-state index contributed by atoms with van der Waals surface area (Å²) in [7, 11) is 0. The molecule has 0 aliphatic heterocycles. The molecule has 7 heteroatoms. The molecular formula is C16H12Cl3NO3. The van der Waals surface area contributed by atoms with Crippen LogP contribution in [0.15, 0.2) is 54.6 Å². The van der Waals surface area contributed by atoms with Gasteiger partial charge in [-0.25, -0.2) is 0 Å². The van der Waals surface area contributed by atoms with E-state index in [-0.39, 0.29) is 0 Å². The average molecular weight is 373 g/mol. The van der Waals surface area contributed by atoms with E-state index in [1.807, 2.05) is 0 Å². The largest absolute Gasteiger partial charge is 0.466 e. The van der Waals surface area contributed by atoms with E-state index < -0.39 is 15.9 Å². The fourth-order valence-electron chi connectivity index (χ4n) is 1.73. The molecule has 0 aromatic heterocycles. The Morgan fingerprint density at radius 3 is 2.17 bits per heavy atom. The molecule has 2 rings (SSSR count). The van der Waals surface area contributed by atoms with Gasteiger partial charge in [-0.3, -0.25) is 9.59 Å². The molecule has 120 valence electrons. The Bertz CT molecular complexity index is 669. The zero-order chi connectivity index (χ0) is 16.9. The van der Waals surface area contributed by atoms with Gasteiger partial charge in [-0.2, -0.15) is 0 Å². The summed E-state index contributed by atoms with van der Waals surface area (Å²) in [6.45, 7) is 0. The molecule has 0 bridgehead atoms. The molecule has 0 spiro atoms. The highest BCUT2D eigenvalue weighted by atomic mass is 35.6. The summed E-state index contributed by atoms with van der Waals surface area (Å²) in [6, 6.07) is 14.7. The van der Waals surface area contributed by atoms with E-state index in [1.165, 1.54) is 0 Å². The van der Waals surface area contributed by atoms with Crippen molar-refractivity contribution < 1.29 is 14.3 Å². The van der Waals surface area contributed by atoms with Crippen molar-refractivity contribution >= 4 is 47.0 Å². The quantitative estimate of drug-likeness (QED) is 0.490. The highest BCUT2D eigenvalue weighted by Crippen LogP contribution is 2.32. The van der Waals surface area contributed by atoms with Gasteiger partial charge in [0.1, 0.15) is 12.0 Å². The van der Waals surface area contributed by atoms with Gasteiger partial charge in [0.15, 0.2) is 0 Å². The van der Waals surface area contributed by atoms with Gasteiger partial charge in [-0.1, -0.05) is 53.0 Å². The molecule has 1 N–H and O–H groups in total. The van der Waals surface area contributed by atoms with Gasteiger partial charge in [0, 0.05) is 11.1 Å². The summed E-state index contributed by atoms with van der Waals surface area (Å²) in [5.74, 6) is -0.0910. The minimum atomic E-state index is -1.88. The third kappa shape index (κ3) is 5.13. The van der Waals surface area contributed by atoms with Gasteiger partial charge in [0.25, 0.3) is 5.91 Å². The van der Waals surface area contributed by atoms with Crippen molar-refractivity contribution in [2.75, 3.05) is 0 Å². The summed E-state index contributed by atoms with van der Waals surface area (Å²) < 4.78 is 3.65. The maximum Gasteiger partial charge on any atom is 0.254 e. The first-order valence-electron chi connectivity index (χ1n) is 6.54. The molecule has 0 radical (unpaired) electrons. The topological polar surface area (TPSA) is 55.4 Å². The molecular weight excluding hydrogens is 361 g/mol. The molecule has 0 saturated carbocycles. The maximum absolute atomic E-state index is 12.2. The van der Waals surface area contributed by atoms with Gasteiger partial charge in [0.2, 0.25) is 10.0 Å². The second-order valence-corrected chi connectivity index (χ2v) is 6.93. The number of carbonyl (C=O) groups excluding carboxylic acids is 2. The third-order valence-corrected chi connectivity index (χ3v) is 3.46. The predicted molar refractivity (Wildman–Crippen MR) is 90.4 cm³/mol. The molecule has 2 aromatic carbocycles. The zero-order valence-corrected chi connectivity index (χ0v) is 14.0. The zero-order valence-electron chi connectivity index (χ0n) is 11.7. The number of nitrogens with one attached hydrogen (secondary N) is 1. The van der Waals surface area contributed by atoms with Gasteiger partial charge >= 0.3 is 0 Å². The Balaban J connectivity index is 2.14. The van der Waals surface area contributed by atoms with Crippen molar-refractivity contribution in [3.05, 3.63) is 65.7 Å². The van der Waals surface area contributed by atoms with Crippen LogP contribution in [0.5, 0.6) is 5.75 Å². The molecule has 4 nitrogen and oxygen atoms in total. The Morgan fingerprint density at radius 2 is 1.65 bits per heavy atom. The van der Waals surface area contributed by atoms with Crippen LogP contribution in [0.2, 0.25) is 0 Å². The Labute approximate surface area is 148 Å². The van der Waals surface area contributed by atoms with Gasteiger partial charge < -0.3 is 10.1 Å². The summed E-state index contributed by atoms with van der Waals surface area (Å²) in [4.78, 5) is 22.8. The predicted octanol–water partition coefficient (Wildman–Crippen LogP) is 4.00. The molecule has 1 atom stereocenters. The summed E-state index contributed by atoms with van der Waals surface area (Å²) in [5, 5.41) is 2.52. The van der Waals surface area contributed by atoms with Crippen LogP contribution in [-0.2, 0) is 0 Å². The standard InChI is InChI=1S/C16H12Cl3NO3/c17-16(18,19)15(20-14(22)12-4-2-1-3-5-12)23-13-8-6-11(10-21)7-9-13/h1-10,15H,(H,20,22)/t15-/m1/s1. The van der Waals surface area contributed by atoms with Crippen LogP contribution >= 0.6 is 34.8 Å². The van der Waals surface area contributed by atoms with E-state index in [9.17, 15) is 9.59 Å². The van der Waals surface area contributed by atoms with Gasteiger partial charge in [0.05, 0.1) is 0 Å². The molecule has 0 aliphatic carbocycles. The number of carbonyl (C=O) groups is 2. The highest BCUT2D eigenvalue weighted by molar-refractivity contribution is 6.68. The lowest BCUT2D eigenvalue weighted by Crippen LogP contribution is -2.47. The first-order chi connectivity index (χ1) is 10.9. The lowest BCUT2D eigenvalue weighted by Gasteiger charge is -2.26. The number of hydrogen-bond donors (Lipinski definition) is 1. The van der Waals surface area contributed by atoms with Crippen molar-refractivity contribution in [3.63, 3.8) is 0 Å². The summed E-state index contributed by atoms with van der Waals surface area (Å²) >= 11 is 17.6. The van der Waals surface area contributed by atoms with Crippen molar-refractivity contribution in [3.8, 4) is 5.75 Å². The van der Waals surface area contributed by atoms with E-state index in [0.29, 0.717) is 23.2 Å². The lowest BCUT2D eigenvalue weighted by molar-refractivity contribution is 0.0833. The van der Waals surface area contributed by atoms with Gasteiger partial charge in [-0.15, -0.1) is 0 Å². The molecule has 1 amide bonds. The van der Waals surface area contributed by atoms with E-state index in [0.717, 1.165) is 0 Å². The smallest absolute Gasteiger partial charge is 0.254 e. The number of amides is 1. The molecule has 0 unspecified atom stereocenters. The normalized spacial score (nSPS) is 12.3. The first-order valence-corrected chi connectivity index (χ1v) is 7.68. The number of ether oxygens (including phenoxy) is 1. The van der Waals surface area contributed by atoms with Crippen LogP contribution in [0.4, 0.5) is 0 Å². The second kappa shape index (κ2) is 7.68. The lowest BCUT2D eigenvalue weighted by atomic mass is 10.2. The Kier molecular flexibility index (Phi) is 5.88. The number of alkyl halides is 3. The Hall–Kier alpha value is -1.75. The fourth-order valence-corrected chi connectivity index (χ4v) is 2.03. The van der Waals surface area contributed by atoms with E-state index >= 15 is 0 Å². The van der Waals surface area contributed by atoms with E-state index in [2.05, 4.69) is 5.32 Å². The molecule has 0 saturated heterocycles. The van der Waals surface area contributed by atoms with E-state index in [4.69, 9.17) is 39.5 Å². The minimum Gasteiger partial charge on any atom is -0.466 e. The monoisotopic (exact) mass is 371 g/mol. The van der Waals surface area contributed by atoms with Gasteiger partial charge in [-0.05, 0) is 36.4 Å². The molecule has 0 aliphatic rings. The highest BCUT2D eigenvalue weighted by Gasteiger charge is 2.36. The Morgan fingerprint density at radius 1 is 1.04 bits per heavy atom. The SMILES string of the molecule is O=Cc1ccc(O[C@@H](NC(=O)c2ccccc2)C(Cl)(Cl)Cl)cc1. The van der Waals surface area contributed by atoms with Crippen LogP contribution in [0.3, 0.4) is 0 Å². The van der Waals surface area contributed by atoms with Crippen molar-refractivity contribution in [1.82, 2.24) is 5.32 Å². The number of benzene rings is 2. The number of halogens is 3. The summed E-state index contributed by atoms with van der Waals surface area (Å²) in [6.07, 6.45) is -0.504. The molecule has 2 aromatic rings. The van der Waals surface area contributed by atoms with Crippen molar-refractivity contribution in [1.29, 1.82) is 0 Å². The van der Waals surface area contributed by atoms with Crippen LogP contribution in [0.1, 0.15) is 20.7 Å². The molecule has 0 heterocycles. The van der Waals surface area contributed by atoms with E-state index in [1.54, 1.807) is 54.6 Å². The fraction of sp³-hybridized carbons (Fsp3) is 0.125. The molecule has 23 heavy (non-hydrogen) atoms. The van der Waals surface area contributed by atoms with Crippen LogP contribution in [0.25, 0.3) is 0 Å². The number of aldehydes is 1. The van der Waals surface area contributed by atoms with Crippen LogP contribution in [-0.4, -0.2) is 22.2 Å². The third-order valence-electron chi connectivity index (χ3n) is 2.87. The average Bonchev–Trinajstić information content (AvgIpc) is 2.54. The number of rotatable bonds is 5. The molecule has 0 fully saturated rings. The first kappa shape index (κ1) is 17.6. The van der Waals surface area contributed by atoms with Crippen LogP contribution < -0.4 is 10.1 Å². The minimum absolute atomic E-state index is 0.347. The second-order valence-electron chi connectivity index (χ2n) is 4.57. The van der Waals surface area contributed by atoms with Crippen LogP contribution in [0, 0.1) is 0 Å². The maximum atomic E-state index is 12.2. The summed E-state index contributed by atoms with van der Waals surface area (Å²) in [5.41, 5.74) is 0.891.